The molecule has 2 heteroatoms. The van der Waals surface area contributed by atoms with Gasteiger partial charge in [-0.25, -0.2) is 0 Å². The van der Waals surface area contributed by atoms with Crippen molar-refractivity contribution in [3.63, 3.8) is 0 Å². The number of hydrogen-bond donors (Lipinski definition) is 1. The number of rotatable bonds is 3. The lowest BCUT2D eigenvalue weighted by Crippen LogP contribution is -2.22. The number of ether oxygens (including phenoxy) is 1. The predicted molar refractivity (Wildman–Crippen MR) is 66.9 cm³/mol. The second-order valence-corrected chi connectivity index (χ2v) is 4.72. The Morgan fingerprint density at radius 3 is 2.88 bits per heavy atom. The fourth-order valence-corrected chi connectivity index (χ4v) is 2.48. The molecule has 0 saturated carbocycles. The van der Waals surface area contributed by atoms with E-state index in [0.29, 0.717) is 6.04 Å². The van der Waals surface area contributed by atoms with Gasteiger partial charge in [-0.05, 0) is 57.4 Å². The average molecular weight is 219 g/mol. The SMILES string of the molecule is CNC1CCCc2c(OC(C)C)cccc21. The van der Waals surface area contributed by atoms with Crippen molar-refractivity contribution in [2.75, 3.05) is 7.05 Å². The molecule has 0 amide bonds. The molecule has 0 bridgehead atoms. The molecule has 1 aliphatic carbocycles. The van der Waals surface area contributed by atoms with Gasteiger partial charge in [0.15, 0.2) is 0 Å². The lowest BCUT2D eigenvalue weighted by atomic mass is 9.87. The van der Waals surface area contributed by atoms with Gasteiger partial charge in [-0.1, -0.05) is 12.1 Å². The first-order chi connectivity index (χ1) is 7.72. The highest BCUT2D eigenvalue weighted by molar-refractivity contribution is 5.43. The van der Waals surface area contributed by atoms with Gasteiger partial charge in [-0.2, -0.15) is 0 Å². The van der Waals surface area contributed by atoms with Gasteiger partial charge in [0.05, 0.1) is 6.10 Å². The zero-order valence-corrected chi connectivity index (χ0v) is 10.4. The van der Waals surface area contributed by atoms with Gasteiger partial charge < -0.3 is 10.1 Å². The van der Waals surface area contributed by atoms with E-state index in [1.54, 1.807) is 0 Å². The van der Waals surface area contributed by atoms with E-state index in [4.69, 9.17) is 4.74 Å². The van der Waals surface area contributed by atoms with Crippen molar-refractivity contribution in [3.05, 3.63) is 29.3 Å². The zero-order chi connectivity index (χ0) is 11.5. The third-order valence-corrected chi connectivity index (χ3v) is 3.18. The van der Waals surface area contributed by atoms with Crippen molar-refractivity contribution in [1.82, 2.24) is 5.32 Å². The lowest BCUT2D eigenvalue weighted by molar-refractivity contribution is 0.238. The van der Waals surface area contributed by atoms with Crippen molar-refractivity contribution in [2.45, 2.75) is 45.3 Å². The van der Waals surface area contributed by atoms with E-state index in [1.165, 1.54) is 24.0 Å². The van der Waals surface area contributed by atoms with Crippen molar-refractivity contribution >= 4 is 0 Å². The Morgan fingerprint density at radius 1 is 1.38 bits per heavy atom. The highest BCUT2D eigenvalue weighted by Gasteiger charge is 2.21. The van der Waals surface area contributed by atoms with Crippen LogP contribution < -0.4 is 10.1 Å². The first kappa shape index (κ1) is 11.5. The molecule has 16 heavy (non-hydrogen) atoms. The molecular weight excluding hydrogens is 198 g/mol. The normalized spacial score (nSPS) is 19.6. The molecule has 0 aliphatic heterocycles. The molecule has 1 aromatic carbocycles. The highest BCUT2D eigenvalue weighted by atomic mass is 16.5. The maximum atomic E-state index is 5.88. The van der Waals surface area contributed by atoms with Crippen LogP contribution >= 0.6 is 0 Å². The van der Waals surface area contributed by atoms with E-state index in [-0.39, 0.29) is 6.10 Å². The van der Waals surface area contributed by atoms with Crippen LogP contribution in [0.4, 0.5) is 0 Å². The summed E-state index contributed by atoms with van der Waals surface area (Å²) < 4.78 is 5.88. The molecule has 1 aromatic rings. The van der Waals surface area contributed by atoms with Gasteiger partial charge >= 0.3 is 0 Å². The fourth-order valence-electron chi connectivity index (χ4n) is 2.48. The van der Waals surface area contributed by atoms with Gasteiger partial charge in [0, 0.05) is 6.04 Å². The van der Waals surface area contributed by atoms with Crippen LogP contribution in [0.3, 0.4) is 0 Å². The number of hydrogen-bond acceptors (Lipinski definition) is 2. The largest absolute Gasteiger partial charge is 0.491 e. The maximum absolute atomic E-state index is 5.88. The van der Waals surface area contributed by atoms with Crippen LogP contribution in [0, 0.1) is 0 Å². The number of fused-ring (bicyclic) bond motifs is 1. The molecule has 0 heterocycles. The average Bonchev–Trinajstić information content (AvgIpc) is 2.28. The Kier molecular flexibility index (Phi) is 3.49. The molecule has 2 rings (SSSR count). The molecular formula is C14H21NO. The lowest BCUT2D eigenvalue weighted by Gasteiger charge is -2.27. The van der Waals surface area contributed by atoms with E-state index in [0.717, 1.165) is 12.2 Å². The molecule has 0 fully saturated rings. The van der Waals surface area contributed by atoms with Gasteiger partial charge in [-0.15, -0.1) is 0 Å². The standard InChI is InChI=1S/C14H21NO/c1-10(2)16-14-9-5-6-11-12(14)7-4-8-13(11)15-3/h5-6,9-10,13,15H,4,7-8H2,1-3H3. The summed E-state index contributed by atoms with van der Waals surface area (Å²) in [6, 6.07) is 6.92. The van der Waals surface area contributed by atoms with E-state index >= 15 is 0 Å². The van der Waals surface area contributed by atoms with E-state index in [1.807, 2.05) is 7.05 Å². The van der Waals surface area contributed by atoms with Gasteiger partial charge in [0.25, 0.3) is 0 Å². The second-order valence-electron chi connectivity index (χ2n) is 4.72. The fraction of sp³-hybridized carbons (Fsp3) is 0.571. The van der Waals surface area contributed by atoms with Crippen LogP contribution in [0.15, 0.2) is 18.2 Å². The van der Waals surface area contributed by atoms with Crippen LogP contribution in [0.5, 0.6) is 5.75 Å². The Morgan fingerprint density at radius 2 is 2.19 bits per heavy atom. The summed E-state index contributed by atoms with van der Waals surface area (Å²) in [7, 11) is 2.04. The Bertz CT molecular complexity index is 360. The molecule has 1 aliphatic rings. The third-order valence-electron chi connectivity index (χ3n) is 3.18. The summed E-state index contributed by atoms with van der Waals surface area (Å²) in [5.74, 6) is 1.08. The summed E-state index contributed by atoms with van der Waals surface area (Å²) in [4.78, 5) is 0. The molecule has 0 saturated heterocycles. The number of benzene rings is 1. The number of nitrogens with one attached hydrogen (secondary N) is 1. The van der Waals surface area contributed by atoms with Crippen molar-refractivity contribution in [3.8, 4) is 5.75 Å². The van der Waals surface area contributed by atoms with Gasteiger partial charge in [-0.3, -0.25) is 0 Å². The van der Waals surface area contributed by atoms with Crippen molar-refractivity contribution in [1.29, 1.82) is 0 Å². The van der Waals surface area contributed by atoms with E-state index < -0.39 is 0 Å². The topological polar surface area (TPSA) is 21.3 Å². The van der Waals surface area contributed by atoms with E-state index in [9.17, 15) is 0 Å². The minimum atomic E-state index is 0.251. The van der Waals surface area contributed by atoms with Crippen molar-refractivity contribution < 1.29 is 4.74 Å². The summed E-state index contributed by atoms with van der Waals surface area (Å²) in [5, 5.41) is 3.39. The molecule has 1 unspecified atom stereocenters. The smallest absolute Gasteiger partial charge is 0.123 e. The summed E-state index contributed by atoms with van der Waals surface area (Å²) in [5.41, 5.74) is 2.83. The quantitative estimate of drug-likeness (QED) is 0.843. The molecule has 88 valence electrons. The van der Waals surface area contributed by atoms with Crippen LogP contribution in [0.25, 0.3) is 0 Å². The summed E-state index contributed by atoms with van der Waals surface area (Å²) in [6.45, 7) is 4.16. The van der Waals surface area contributed by atoms with Gasteiger partial charge in [0.1, 0.15) is 5.75 Å². The van der Waals surface area contributed by atoms with Gasteiger partial charge in [0.2, 0.25) is 0 Å². The summed E-state index contributed by atoms with van der Waals surface area (Å²) in [6.07, 6.45) is 3.88. The monoisotopic (exact) mass is 219 g/mol. The maximum Gasteiger partial charge on any atom is 0.123 e. The van der Waals surface area contributed by atoms with Crippen LogP contribution in [-0.4, -0.2) is 13.2 Å². The Labute approximate surface area is 98.0 Å². The third kappa shape index (κ3) is 2.22. The Hall–Kier alpha value is -1.02. The minimum Gasteiger partial charge on any atom is -0.491 e. The second kappa shape index (κ2) is 4.88. The molecule has 0 radical (unpaired) electrons. The minimum absolute atomic E-state index is 0.251. The van der Waals surface area contributed by atoms with Crippen LogP contribution in [0.2, 0.25) is 0 Å². The first-order valence-corrected chi connectivity index (χ1v) is 6.18. The van der Waals surface area contributed by atoms with Crippen LogP contribution in [0.1, 0.15) is 43.9 Å². The zero-order valence-electron chi connectivity index (χ0n) is 10.4. The highest BCUT2D eigenvalue weighted by Crippen LogP contribution is 2.35. The Balaban J connectivity index is 2.34. The molecule has 2 nitrogen and oxygen atoms in total. The molecule has 1 N–H and O–H groups in total. The van der Waals surface area contributed by atoms with Crippen molar-refractivity contribution in [2.24, 2.45) is 0 Å². The molecule has 0 spiro atoms. The molecule has 0 aromatic heterocycles. The summed E-state index contributed by atoms with van der Waals surface area (Å²) >= 11 is 0. The predicted octanol–water partition coefficient (Wildman–Crippen LogP) is 3.07. The van der Waals surface area contributed by atoms with Crippen LogP contribution in [-0.2, 0) is 6.42 Å². The molecule has 1 atom stereocenters. The van der Waals surface area contributed by atoms with E-state index in [2.05, 4.69) is 37.4 Å². The first-order valence-electron chi connectivity index (χ1n) is 6.18.